The van der Waals surface area contributed by atoms with Crippen LogP contribution in [0.3, 0.4) is 0 Å². The second kappa shape index (κ2) is 8.86. The van der Waals surface area contributed by atoms with Gasteiger partial charge in [0.25, 0.3) is 5.91 Å². The van der Waals surface area contributed by atoms with Crippen LogP contribution in [0, 0.1) is 0 Å². The van der Waals surface area contributed by atoms with Gasteiger partial charge in [-0.1, -0.05) is 11.6 Å². The summed E-state index contributed by atoms with van der Waals surface area (Å²) >= 11 is 5.98. The van der Waals surface area contributed by atoms with Crippen LogP contribution in [0.2, 0.25) is 5.02 Å². The van der Waals surface area contributed by atoms with Crippen molar-refractivity contribution < 1.29 is 41.7 Å². The van der Waals surface area contributed by atoms with Crippen molar-refractivity contribution in [2.75, 3.05) is 0 Å². The summed E-state index contributed by atoms with van der Waals surface area (Å²) in [6.45, 7) is 0. The number of amides is 1. The minimum Gasteiger partial charge on any atom is -0.480 e. The fraction of sp³-hybridized carbons (Fsp3) is 0.609. The van der Waals surface area contributed by atoms with Gasteiger partial charge >= 0.3 is 6.36 Å². The van der Waals surface area contributed by atoms with Crippen molar-refractivity contribution in [3.63, 3.8) is 0 Å². The molecule has 1 aromatic carbocycles. The number of carbonyl (C=O) groups excluding carboxylic acids is 1. The topological polar surface area (TPSA) is 116 Å². The number of hydrogen-bond acceptors (Lipinski definition) is 8. The zero-order valence-corrected chi connectivity index (χ0v) is 19.5. The Morgan fingerprint density at radius 2 is 1.89 bits per heavy atom. The Morgan fingerprint density at radius 1 is 1.11 bits per heavy atom. The Labute approximate surface area is 208 Å². The van der Waals surface area contributed by atoms with Crippen molar-refractivity contribution in [1.82, 2.24) is 15.5 Å². The lowest BCUT2D eigenvalue weighted by molar-refractivity contribution is -0.352. The van der Waals surface area contributed by atoms with Crippen LogP contribution >= 0.6 is 11.6 Å². The highest BCUT2D eigenvalue weighted by Gasteiger charge is 2.51. The summed E-state index contributed by atoms with van der Waals surface area (Å²) in [5.74, 6) is 0.421. The number of alkyl halides is 3. The molecule has 2 aromatic rings. The normalized spacial score (nSPS) is 35.1. The number of aliphatic hydroxyl groups excluding tert-OH is 1. The molecule has 36 heavy (non-hydrogen) atoms. The summed E-state index contributed by atoms with van der Waals surface area (Å²) in [7, 11) is 0. The third-order valence-electron chi connectivity index (χ3n) is 7.39. The van der Waals surface area contributed by atoms with Gasteiger partial charge in [0.2, 0.25) is 11.8 Å². The first-order valence-corrected chi connectivity index (χ1v) is 12.2. The second-order valence-corrected chi connectivity index (χ2v) is 10.2. The van der Waals surface area contributed by atoms with Crippen molar-refractivity contribution in [1.29, 1.82) is 0 Å². The van der Waals surface area contributed by atoms with Crippen LogP contribution in [0.5, 0.6) is 5.75 Å². The molecule has 0 radical (unpaired) electrons. The number of benzene rings is 1. The van der Waals surface area contributed by atoms with E-state index < -0.39 is 24.7 Å². The van der Waals surface area contributed by atoms with E-state index in [-0.39, 0.29) is 55.3 Å². The second-order valence-electron chi connectivity index (χ2n) is 9.78. The molecule has 1 aromatic heterocycles. The van der Waals surface area contributed by atoms with E-state index in [1.807, 2.05) is 0 Å². The quantitative estimate of drug-likeness (QED) is 0.604. The molecular weight excluding hydrogens is 507 g/mol. The molecule has 1 aliphatic carbocycles. The van der Waals surface area contributed by atoms with Gasteiger partial charge in [-0.3, -0.25) is 9.53 Å². The molecule has 3 aliphatic heterocycles. The predicted molar refractivity (Wildman–Crippen MR) is 115 cm³/mol. The molecule has 0 unspecified atom stereocenters. The average molecular weight is 530 g/mol. The number of fused-ring (bicyclic) bond motifs is 3. The van der Waals surface area contributed by atoms with Crippen LogP contribution in [0.15, 0.2) is 22.6 Å². The first-order chi connectivity index (χ1) is 17.1. The Hall–Kier alpha value is -2.41. The number of halogens is 4. The Balaban J connectivity index is 1.02. The summed E-state index contributed by atoms with van der Waals surface area (Å²) in [4.78, 5) is 12.9. The third kappa shape index (κ3) is 4.55. The van der Waals surface area contributed by atoms with Crippen LogP contribution < -0.4 is 10.1 Å². The van der Waals surface area contributed by atoms with E-state index in [2.05, 4.69) is 20.3 Å². The van der Waals surface area contributed by atoms with Gasteiger partial charge in [-0.2, -0.15) is 0 Å². The fourth-order valence-electron chi connectivity index (χ4n) is 5.54. The highest BCUT2D eigenvalue weighted by atomic mass is 35.5. The van der Waals surface area contributed by atoms with E-state index in [0.717, 1.165) is 0 Å². The number of nitrogens with zero attached hydrogens (tertiary/aromatic N) is 2. The van der Waals surface area contributed by atoms with E-state index in [4.69, 9.17) is 25.5 Å². The number of hydrogen-bond donors (Lipinski definition) is 2. The van der Waals surface area contributed by atoms with Crippen molar-refractivity contribution in [2.24, 2.45) is 0 Å². The molecule has 9 nitrogen and oxygen atoms in total. The molecule has 6 rings (SSSR count). The summed E-state index contributed by atoms with van der Waals surface area (Å²) in [5, 5.41) is 22.0. The lowest BCUT2D eigenvalue weighted by Gasteiger charge is -2.32. The van der Waals surface area contributed by atoms with Gasteiger partial charge in [0.15, 0.2) is 6.10 Å². The molecule has 6 atom stereocenters. The average Bonchev–Trinajstić information content (AvgIpc) is 3.51. The number of carbonyl (C=O) groups is 1. The lowest BCUT2D eigenvalue weighted by Crippen LogP contribution is -2.49. The predicted octanol–water partition coefficient (Wildman–Crippen LogP) is 3.52. The van der Waals surface area contributed by atoms with E-state index in [9.17, 15) is 23.1 Å². The van der Waals surface area contributed by atoms with Crippen LogP contribution in [0.25, 0.3) is 0 Å². The van der Waals surface area contributed by atoms with E-state index in [1.165, 1.54) is 0 Å². The molecule has 194 valence electrons. The van der Waals surface area contributed by atoms with Gasteiger partial charge in [-0.25, -0.2) is 0 Å². The first kappa shape index (κ1) is 24.0. The monoisotopic (exact) mass is 529 g/mol. The van der Waals surface area contributed by atoms with Crippen molar-refractivity contribution in [3.05, 3.63) is 40.6 Å². The molecule has 2 bridgehead atoms. The molecule has 3 fully saturated rings. The van der Waals surface area contributed by atoms with Crippen molar-refractivity contribution in [3.8, 4) is 5.75 Å². The van der Waals surface area contributed by atoms with Crippen molar-refractivity contribution >= 4 is 17.5 Å². The summed E-state index contributed by atoms with van der Waals surface area (Å²) < 4.78 is 58.6. The highest BCUT2D eigenvalue weighted by Crippen LogP contribution is 2.46. The van der Waals surface area contributed by atoms with E-state index in [1.54, 1.807) is 18.2 Å². The van der Waals surface area contributed by atoms with E-state index >= 15 is 0 Å². The molecule has 2 N–H and O–H groups in total. The third-order valence-corrected chi connectivity index (χ3v) is 7.63. The first-order valence-electron chi connectivity index (χ1n) is 11.8. The van der Waals surface area contributed by atoms with Gasteiger partial charge in [0.05, 0.1) is 36.4 Å². The van der Waals surface area contributed by atoms with Gasteiger partial charge in [0, 0.05) is 22.9 Å². The molecule has 0 spiro atoms. The van der Waals surface area contributed by atoms with Gasteiger partial charge in [0.1, 0.15) is 5.75 Å². The summed E-state index contributed by atoms with van der Waals surface area (Å²) in [6.07, 6.45) is -6.12. The number of nitrogens with one attached hydrogen (secondary N) is 1. The highest BCUT2D eigenvalue weighted by molar-refractivity contribution is 6.30. The smallest absolute Gasteiger partial charge is 0.480 e. The number of rotatable bonds is 5. The zero-order valence-electron chi connectivity index (χ0n) is 18.8. The maximum atomic E-state index is 12.9. The van der Waals surface area contributed by atoms with Gasteiger partial charge in [-0.15, -0.1) is 23.4 Å². The van der Waals surface area contributed by atoms with Crippen LogP contribution in [0.4, 0.5) is 13.2 Å². The Kier molecular flexibility index (Phi) is 5.90. The van der Waals surface area contributed by atoms with Crippen LogP contribution in [0.1, 0.15) is 67.4 Å². The molecule has 13 heteroatoms. The minimum atomic E-state index is -4.65. The number of aliphatic hydroxyl groups is 1. The molecule has 1 amide bonds. The van der Waals surface area contributed by atoms with Crippen LogP contribution in [-0.2, 0) is 14.3 Å². The maximum Gasteiger partial charge on any atom is 0.522 e. The van der Waals surface area contributed by atoms with Gasteiger partial charge in [-0.05, 0) is 43.9 Å². The van der Waals surface area contributed by atoms with Crippen molar-refractivity contribution in [2.45, 2.75) is 86.9 Å². The standard InChI is InChI=1S/C23H23ClF3N3O6/c24-10-1-2-16-12(5-10)15(31)8-19(33-16)20(32)28-14-7-17-13(6-18(14)34-17)22-30-29-21(35-22)9-3-11(4-9)36-23(25,26)27/h1-2,5,9,11,13-15,17-19,31H,3-4,6-8H2,(H,28,32)/t9-,11+,13-,14-,15-,17+,18+,19-/m0/s1. The minimum absolute atomic E-state index is 0.115. The summed E-state index contributed by atoms with van der Waals surface area (Å²) in [6, 6.07) is 4.68. The molecule has 1 saturated carbocycles. The lowest BCUT2D eigenvalue weighted by atomic mass is 9.82. The number of ether oxygens (including phenoxy) is 3. The van der Waals surface area contributed by atoms with Gasteiger partial charge < -0.3 is 24.3 Å². The van der Waals surface area contributed by atoms with E-state index in [0.29, 0.717) is 41.0 Å². The SMILES string of the molecule is O=C(N[C@H]1C[C@H]2O[C@@H]1C[C@@H]2c1nnc([C@H]2C[C@@H](OC(F)(F)F)C2)o1)[C@@H]1C[C@H](O)c2cc(Cl)ccc2O1. The van der Waals surface area contributed by atoms with Crippen LogP contribution in [-0.4, -0.2) is 58.0 Å². The number of aromatic nitrogens is 2. The zero-order chi connectivity index (χ0) is 25.2. The summed E-state index contributed by atoms with van der Waals surface area (Å²) in [5.41, 5.74) is 0.557. The largest absolute Gasteiger partial charge is 0.522 e. The Morgan fingerprint density at radius 3 is 2.61 bits per heavy atom. The molecule has 2 saturated heterocycles. The molecular formula is C23H23ClF3N3O6. The molecule has 4 heterocycles. The fourth-order valence-corrected chi connectivity index (χ4v) is 5.72. The Bertz CT molecular complexity index is 1160. The molecule has 4 aliphatic rings. The maximum absolute atomic E-state index is 12.9.